The topological polar surface area (TPSA) is 72.8 Å². The molecule has 1 aromatic heterocycles. The van der Waals surface area contributed by atoms with Crippen LogP contribution in [0.5, 0.6) is 0 Å². The highest BCUT2D eigenvalue weighted by atomic mass is 32.1. The van der Waals surface area contributed by atoms with Crippen molar-refractivity contribution in [3.63, 3.8) is 0 Å². The molecule has 0 radical (unpaired) electrons. The van der Waals surface area contributed by atoms with E-state index in [-0.39, 0.29) is 10.6 Å². The van der Waals surface area contributed by atoms with Crippen molar-refractivity contribution in [2.24, 2.45) is 10.1 Å². The third-order valence-electron chi connectivity index (χ3n) is 6.62. The molecule has 0 amide bonds. The Balaban J connectivity index is 1.72. The maximum atomic E-state index is 11.2. The lowest BCUT2D eigenvalue weighted by molar-refractivity contribution is -0.384. The summed E-state index contributed by atoms with van der Waals surface area (Å²) in [5, 5.41) is 18.4. The first kappa shape index (κ1) is 23.9. The molecule has 4 aromatic rings. The number of non-ortho nitro benzene ring substituents is 1. The molecule has 0 aliphatic heterocycles. The van der Waals surface area contributed by atoms with Gasteiger partial charge in [0.2, 0.25) is 4.80 Å². The summed E-state index contributed by atoms with van der Waals surface area (Å²) in [6.07, 6.45) is 3.00. The molecule has 182 valence electrons. The molecule has 6 nitrogen and oxygen atoms in total. The molecule has 7 heteroatoms. The van der Waals surface area contributed by atoms with E-state index in [1.54, 1.807) is 12.1 Å². The zero-order chi connectivity index (χ0) is 25.4. The Morgan fingerprint density at radius 3 is 2.39 bits per heavy atom. The number of hydrogen-bond acceptors (Lipinski definition) is 5. The monoisotopic (exact) mass is 496 g/mol. The molecule has 0 fully saturated rings. The first-order valence-corrected chi connectivity index (χ1v) is 12.9. The second kappa shape index (κ2) is 9.66. The fourth-order valence-electron chi connectivity index (χ4n) is 4.84. The maximum absolute atomic E-state index is 11.2. The van der Waals surface area contributed by atoms with Gasteiger partial charge in [-0.2, -0.15) is 5.10 Å². The van der Waals surface area contributed by atoms with Crippen LogP contribution in [0.15, 0.2) is 70.1 Å². The molecule has 0 spiro atoms. The first-order chi connectivity index (χ1) is 17.3. The predicted octanol–water partition coefficient (Wildman–Crippen LogP) is 7.18. The zero-order valence-corrected chi connectivity index (χ0v) is 21.7. The van der Waals surface area contributed by atoms with Gasteiger partial charge in [0, 0.05) is 28.6 Å². The second-order valence-corrected chi connectivity index (χ2v) is 10.3. The third-order valence-corrected chi connectivity index (χ3v) is 7.43. The lowest BCUT2D eigenvalue weighted by Gasteiger charge is -2.21. The van der Waals surface area contributed by atoms with E-state index in [1.807, 2.05) is 16.1 Å². The van der Waals surface area contributed by atoms with Gasteiger partial charge in [0.05, 0.1) is 22.0 Å². The van der Waals surface area contributed by atoms with E-state index in [1.165, 1.54) is 51.3 Å². The van der Waals surface area contributed by atoms with Gasteiger partial charge in [0.25, 0.3) is 5.69 Å². The highest BCUT2D eigenvalue weighted by Gasteiger charge is 2.19. The fourth-order valence-corrected chi connectivity index (χ4v) is 5.68. The van der Waals surface area contributed by atoms with E-state index in [0.29, 0.717) is 0 Å². The summed E-state index contributed by atoms with van der Waals surface area (Å²) in [6.45, 7) is 8.44. The lowest BCUT2D eigenvalue weighted by atomic mass is 9.86. The summed E-state index contributed by atoms with van der Waals surface area (Å²) in [7, 11) is 0. The van der Waals surface area contributed by atoms with Crippen LogP contribution in [0.1, 0.15) is 46.2 Å². The van der Waals surface area contributed by atoms with Gasteiger partial charge in [-0.05, 0) is 87.9 Å². The standard InChI is InChI=1S/C29H28N4O2S/c1-18-8-13-26(21(4)14-18)30-29-32(28(17-36-29)22-9-11-23(12-10-22)33(34)35)31-27-7-5-6-24-20(3)15-19(2)16-25(24)27/h8-17H,5-7H2,1-4H3. The number of thiazole rings is 1. The van der Waals surface area contributed by atoms with E-state index in [0.717, 1.165) is 52.3 Å². The van der Waals surface area contributed by atoms with E-state index in [4.69, 9.17) is 10.1 Å². The normalized spacial score (nSPS) is 14.8. The molecule has 0 atom stereocenters. The summed E-state index contributed by atoms with van der Waals surface area (Å²) in [6, 6.07) is 17.3. The number of rotatable bonds is 4. The van der Waals surface area contributed by atoms with Crippen molar-refractivity contribution < 1.29 is 4.92 Å². The molecule has 0 saturated carbocycles. The van der Waals surface area contributed by atoms with Gasteiger partial charge in [-0.3, -0.25) is 10.1 Å². The Kier molecular flexibility index (Phi) is 6.41. The number of aromatic nitrogens is 1. The predicted molar refractivity (Wildman–Crippen MR) is 146 cm³/mol. The van der Waals surface area contributed by atoms with Crippen LogP contribution in [0.25, 0.3) is 11.3 Å². The van der Waals surface area contributed by atoms with Gasteiger partial charge in [0.15, 0.2) is 0 Å². The quantitative estimate of drug-likeness (QED) is 0.222. The Morgan fingerprint density at radius 1 is 0.917 bits per heavy atom. The molecule has 0 bridgehead atoms. The molecule has 3 aromatic carbocycles. The van der Waals surface area contributed by atoms with Crippen LogP contribution in [0, 0.1) is 37.8 Å². The van der Waals surface area contributed by atoms with Gasteiger partial charge in [-0.1, -0.05) is 29.3 Å². The summed E-state index contributed by atoms with van der Waals surface area (Å²) < 4.78 is 1.91. The smallest absolute Gasteiger partial charge is 0.258 e. The molecule has 1 heterocycles. The number of nitro benzene ring substituents is 1. The molecule has 36 heavy (non-hydrogen) atoms. The summed E-state index contributed by atoms with van der Waals surface area (Å²) in [5.41, 5.74) is 11.2. The van der Waals surface area contributed by atoms with Crippen LogP contribution >= 0.6 is 11.3 Å². The van der Waals surface area contributed by atoms with Crippen LogP contribution in [0.2, 0.25) is 0 Å². The number of aryl methyl sites for hydroxylation is 4. The van der Waals surface area contributed by atoms with E-state index >= 15 is 0 Å². The van der Waals surface area contributed by atoms with Crippen molar-refractivity contribution in [1.29, 1.82) is 0 Å². The SMILES string of the molecule is Cc1ccc(N=c2scc(-c3ccc([N+](=O)[O-])cc3)n2N=C2CCCc3c(C)cc(C)cc32)c(C)c1. The Hall–Kier alpha value is -3.84. The second-order valence-electron chi connectivity index (χ2n) is 9.43. The zero-order valence-electron chi connectivity index (χ0n) is 20.9. The molecular weight excluding hydrogens is 468 g/mol. The number of hydrogen-bond donors (Lipinski definition) is 0. The van der Waals surface area contributed by atoms with Crippen molar-refractivity contribution in [2.75, 3.05) is 0 Å². The summed E-state index contributed by atoms with van der Waals surface area (Å²) >= 11 is 1.52. The Labute approximate surface area is 214 Å². The first-order valence-electron chi connectivity index (χ1n) is 12.1. The average Bonchev–Trinajstić information content (AvgIpc) is 3.23. The number of fused-ring (bicyclic) bond motifs is 1. The van der Waals surface area contributed by atoms with Crippen LogP contribution < -0.4 is 4.80 Å². The van der Waals surface area contributed by atoms with E-state index < -0.39 is 0 Å². The van der Waals surface area contributed by atoms with Crippen LogP contribution in [-0.4, -0.2) is 15.3 Å². The molecular formula is C29H28N4O2S. The highest BCUT2D eigenvalue weighted by Crippen LogP contribution is 2.29. The van der Waals surface area contributed by atoms with Crippen LogP contribution in [-0.2, 0) is 6.42 Å². The van der Waals surface area contributed by atoms with Crippen molar-refractivity contribution in [3.8, 4) is 11.3 Å². The van der Waals surface area contributed by atoms with Crippen molar-refractivity contribution in [2.45, 2.75) is 47.0 Å². The largest absolute Gasteiger partial charge is 0.269 e. The number of benzene rings is 3. The molecule has 0 saturated heterocycles. The van der Waals surface area contributed by atoms with Crippen molar-refractivity contribution in [1.82, 2.24) is 4.68 Å². The highest BCUT2D eigenvalue weighted by molar-refractivity contribution is 7.07. The van der Waals surface area contributed by atoms with Crippen molar-refractivity contribution in [3.05, 3.63) is 108 Å². The maximum Gasteiger partial charge on any atom is 0.269 e. The minimum Gasteiger partial charge on any atom is -0.258 e. The lowest BCUT2D eigenvalue weighted by Crippen LogP contribution is -2.19. The molecule has 0 N–H and O–H groups in total. The summed E-state index contributed by atoms with van der Waals surface area (Å²) in [5.74, 6) is 0. The number of nitro groups is 1. The average molecular weight is 497 g/mol. The molecule has 5 rings (SSSR count). The van der Waals surface area contributed by atoms with Gasteiger partial charge in [-0.25, -0.2) is 9.67 Å². The van der Waals surface area contributed by atoms with Gasteiger partial charge in [0.1, 0.15) is 0 Å². The van der Waals surface area contributed by atoms with Crippen LogP contribution in [0.4, 0.5) is 11.4 Å². The minimum atomic E-state index is -0.379. The molecule has 1 aliphatic rings. The van der Waals surface area contributed by atoms with E-state index in [9.17, 15) is 10.1 Å². The molecule has 0 unspecified atom stereocenters. The van der Waals surface area contributed by atoms with Gasteiger partial charge in [-0.15, -0.1) is 11.3 Å². The van der Waals surface area contributed by atoms with Crippen LogP contribution in [0.3, 0.4) is 0 Å². The third kappa shape index (κ3) is 4.66. The minimum absolute atomic E-state index is 0.0687. The van der Waals surface area contributed by atoms with Crippen molar-refractivity contribution >= 4 is 28.4 Å². The molecule has 1 aliphatic carbocycles. The summed E-state index contributed by atoms with van der Waals surface area (Å²) in [4.78, 5) is 16.6. The van der Waals surface area contributed by atoms with Gasteiger partial charge < -0.3 is 0 Å². The fraction of sp³-hybridized carbons (Fsp3) is 0.241. The van der Waals surface area contributed by atoms with Gasteiger partial charge >= 0.3 is 0 Å². The van der Waals surface area contributed by atoms with E-state index in [2.05, 4.69) is 52.0 Å². The number of nitrogens with zero attached hydrogens (tertiary/aromatic N) is 4. The Morgan fingerprint density at radius 2 is 1.67 bits per heavy atom. The Bertz CT molecular complexity index is 1580.